The van der Waals surface area contributed by atoms with Gasteiger partial charge in [0.25, 0.3) is 11.8 Å². The maximum absolute atomic E-state index is 14.6. The fraction of sp³-hybridized carbons (Fsp3) is 0.552. The zero-order valence-corrected chi connectivity index (χ0v) is 46.3. The number of hydrogen-bond acceptors (Lipinski definition) is 12. The lowest BCUT2D eigenvalue weighted by Crippen LogP contribution is -2.56. The first-order valence-corrected chi connectivity index (χ1v) is 28.5. The third-order valence-corrected chi connectivity index (χ3v) is 17.8. The molecule has 3 aliphatic carbocycles. The van der Waals surface area contributed by atoms with Crippen molar-refractivity contribution in [3.05, 3.63) is 111 Å². The van der Waals surface area contributed by atoms with Gasteiger partial charge in [0, 0.05) is 78.8 Å². The predicted octanol–water partition coefficient (Wildman–Crippen LogP) is 9.28. The molecule has 3 unspecified atom stereocenters. The number of fused-ring (bicyclic) bond motifs is 2. The summed E-state index contributed by atoms with van der Waals surface area (Å²) < 4.78 is 42.7. The number of amides is 4. The molecule has 416 valence electrons. The minimum absolute atomic E-state index is 0.0389. The van der Waals surface area contributed by atoms with Gasteiger partial charge in [0.2, 0.25) is 17.6 Å². The number of carbonyl (C=O) groups excluding carboxylic acids is 5. The largest absolute Gasteiger partial charge is 0.494 e. The number of aromatic nitrogens is 5. The quantitative estimate of drug-likeness (QED) is 0.0527. The second-order valence-electron chi connectivity index (χ2n) is 23.4. The summed E-state index contributed by atoms with van der Waals surface area (Å²) in [6.45, 7) is 12.1. The highest BCUT2D eigenvalue weighted by Crippen LogP contribution is 2.70. The van der Waals surface area contributed by atoms with Crippen molar-refractivity contribution in [1.82, 2.24) is 45.0 Å². The van der Waals surface area contributed by atoms with Gasteiger partial charge >= 0.3 is 6.09 Å². The highest BCUT2D eigenvalue weighted by atomic mass is 32.1. The molecular weight excluding hydrogens is 1020 g/mol. The molecule has 3 aromatic heterocycles. The van der Waals surface area contributed by atoms with Gasteiger partial charge in [-0.15, -0.1) is 11.3 Å². The van der Waals surface area contributed by atoms with Crippen LogP contribution in [0.5, 0.6) is 5.75 Å². The molecular formula is C58H72F2N10O7S. The second-order valence-corrected chi connectivity index (χ2v) is 24.3. The van der Waals surface area contributed by atoms with Crippen LogP contribution in [0.1, 0.15) is 153 Å². The number of carbonyl (C=O) groups is 5. The molecule has 10 rings (SSSR count). The SMILES string of the molecule is CC(C(=O)NC(C(=O)N1CCC[C@H]1c1nc(C(=O)c2cccc(OCCCCN3CC(C(c4ccccc4)n4cc(NC(=O)c5n[nH]c6c5C[C@@H]5C(F)(F)[C@]5(C)C6)cn4)C3)c2)cs1)C1CCCCC1)N(C)C(=O)OC(C)(C)C. The average molecular weight is 1090 g/mol. The van der Waals surface area contributed by atoms with Gasteiger partial charge < -0.3 is 29.9 Å². The number of nitrogens with zero attached hydrogens (tertiary/aromatic N) is 7. The molecule has 0 radical (unpaired) electrons. The molecule has 0 bridgehead atoms. The lowest BCUT2D eigenvalue weighted by Gasteiger charge is -2.43. The number of hydrogen-bond donors (Lipinski definition) is 3. The van der Waals surface area contributed by atoms with Gasteiger partial charge in [0.1, 0.15) is 34.1 Å². The number of anilines is 1. The second kappa shape index (κ2) is 22.3. The molecule has 4 amide bonds. The summed E-state index contributed by atoms with van der Waals surface area (Å²) in [5, 5.41) is 20.2. The van der Waals surface area contributed by atoms with Gasteiger partial charge in [-0.3, -0.25) is 33.9 Å². The van der Waals surface area contributed by atoms with E-state index >= 15 is 0 Å². The van der Waals surface area contributed by atoms with E-state index in [0.717, 1.165) is 76.6 Å². The van der Waals surface area contributed by atoms with Crippen LogP contribution in [0.2, 0.25) is 0 Å². The van der Waals surface area contributed by atoms with E-state index in [2.05, 4.69) is 43.0 Å². The summed E-state index contributed by atoms with van der Waals surface area (Å²) >= 11 is 1.36. The van der Waals surface area contributed by atoms with Gasteiger partial charge in [0.05, 0.1) is 30.6 Å². The van der Waals surface area contributed by atoms with Crippen LogP contribution in [-0.2, 0) is 27.2 Å². The topological polar surface area (TPSA) is 197 Å². The Kier molecular flexibility index (Phi) is 15.7. The lowest BCUT2D eigenvalue weighted by molar-refractivity contribution is -0.140. The number of unbranched alkanes of at least 4 members (excludes halogenated alkanes) is 1. The van der Waals surface area contributed by atoms with Crippen molar-refractivity contribution in [2.24, 2.45) is 23.2 Å². The first-order chi connectivity index (χ1) is 37.3. The van der Waals surface area contributed by atoms with Crippen molar-refractivity contribution < 1.29 is 42.2 Å². The van der Waals surface area contributed by atoms with Crippen LogP contribution in [-0.4, -0.2) is 133 Å². The van der Waals surface area contributed by atoms with Crippen LogP contribution in [0, 0.1) is 23.2 Å². The molecule has 4 fully saturated rings. The van der Waals surface area contributed by atoms with E-state index in [1.54, 1.807) is 64.4 Å². The average Bonchev–Trinajstić information content (AvgIpc) is 4.24. The molecule has 20 heteroatoms. The van der Waals surface area contributed by atoms with Crippen LogP contribution in [0.25, 0.3) is 0 Å². The number of benzene rings is 2. The van der Waals surface area contributed by atoms with E-state index in [1.165, 1.54) is 23.3 Å². The van der Waals surface area contributed by atoms with Crippen LogP contribution in [0.3, 0.4) is 0 Å². The molecule has 2 saturated carbocycles. The zero-order chi connectivity index (χ0) is 55.1. The fourth-order valence-electron chi connectivity index (χ4n) is 12.1. The summed E-state index contributed by atoms with van der Waals surface area (Å²) in [6.07, 6.45) is 10.9. The van der Waals surface area contributed by atoms with E-state index in [9.17, 15) is 32.8 Å². The maximum atomic E-state index is 14.6. The summed E-state index contributed by atoms with van der Waals surface area (Å²) in [5.41, 5.74) is 1.89. The smallest absolute Gasteiger partial charge is 0.410 e. The Morgan fingerprint density at radius 3 is 2.50 bits per heavy atom. The number of rotatable bonds is 19. The molecule has 5 heterocycles. The lowest BCUT2D eigenvalue weighted by atomic mass is 9.83. The monoisotopic (exact) mass is 1090 g/mol. The van der Waals surface area contributed by atoms with Crippen molar-refractivity contribution in [3.63, 3.8) is 0 Å². The minimum atomic E-state index is -2.75. The molecule has 2 saturated heterocycles. The van der Waals surface area contributed by atoms with Crippen molar-refractivity contribution in [1.29, 1.82) is 0 Å². The van der Waals surface area contributed by atoms with E-state index < -0.39 is 52.8 Å². The highest BCUT2D eigenvalue weighted by Gasteiger charge is 2.78. The summed E-state index contributed by atoms with van der Waals surface area (Å²) in [6, 6.07) is 15.3. The summed E-state index contributed by atoms with van der Waals surface area (Å²) in [5.74, 6) is -3.98. The van der Waals surface area contributed by atoms with Gasteiger partial charge in [0.15, 0.2) is 5.69 Å². The van der Waals surface area contributed by atoms with Crippen LogP contribution in [0.4, 0.5) is 19.3 Å². The number of ether oxygens (including phenoxy) is 2. The van der Waals surface area contributed by atoms with Crippen molar-refractivity contribution in [3.8, 4) is 5.75 Å². The number of alkyl halides is 2. The zero-order valence-electron chi connectivity index (χ0n) is 45.4. The Morgan fingerprint density at radius 1 is 0.974 bits per heavy atom. The van der Waals surface area contributed by atoms with Gasteiger partial charge in [-0.25, -0.2) is 18.6 Å². The molecule has 5 aromatic rings. The molecule has 5 aliphatic rings. The Bertz CT molecular complexity index is 3000. The fourth-order valence-corrected chi connectivity index (χ4v) is 13.1. The normalized spacial score (nSPS) is 22.3. The molecule has 78 heavy (non-hydrogen) atoms. The number of likely N-dealkylation sites (N-methyl/N-ethyl adjacent to an activating group) is 1. The van der Waals surface area contributed by atoms with Crippen LogP contribution < -0.4 is 15.4 Å². The molecule has 6 atom stereocenters. The predicted molar refractivity (Wildman–Crippen MR) is 290 cm³/mol. The van der Waals surface area contributed by atoms with E-state index in [1.807, 2.05) is 40.0 Å². The van der Waals surface area contributed by atoms with E-state index in [-0.39, 0.29) is 54.1 Å². The van der Waals surface area contributed by atoms with Crippen molar-refractivity contribution in [2.45, 2.75) is 141 Å². The van der Waals surface area contributed by atoms with Gasteiger partial charge in [-0.1, -0.05) is 68.7 Å². The van der Waals surface area contributed by atoms with Crippen LogP contribution >= 0.6 is 11.3 Å². The van der Waals surface area contributed by atoms with Crippen LogP contribution in [0.15, 0.2) is 72.4 Å². The van der Waals surface area contributed by atoms with Crippen molar-refractivity contribution in [2.75, 3.05) is 45.2 Å². The first kappa shape index (κ1) is 54.8. The van der Waals surface area contributed by atoms with E-state index in [0.29, 0.717) is 58.5 Å². The first-order valence-electron chi connectivity index (χ1n) is 27.7. The number of thiazole rings is 1. The molecule has 2 aromatic carbocycles. The Balaban J connectivity index is 0.695. The number of likely N-dealkylation sites (tertiary alicyclic amines) is 2. The summed E-state index contributed by atoms with van der Waals surface area (Å²) in [7, 11) is 1.52. The maximum Gasteiger partial charge on any atom is 0.410 e. The summed E-state index contributed by atoms with van der Waals surface area (Å²) in [4.78, 5) is 78.8. The Morgan fingerprint density at radius 2 is 1.74 bits per heavy atom. The molecule has 17 nitrogen and oxygen atoms in total. The van der Waals surface area contributed by atoms with Gasteiger partial charge in [-0.05, 0) is 103 Å². The number of halogens is 2. The Labute approximate surface area is 458 Å². The van der Waals surface area contributed by atoms with Gasteiger partial charge in [-0.2, -0.15) is 10.2 Å². The molecule has 3 N–H and O–H groups in total. The number of aromatic amines is 1. The number of nitrogens with one attached hydrogen (secondary N) is 3. The molecule has 0 spiro atoms. The molecule has 2 aliphatic heterocycles. The highest BCUT2D eigenvalue weighted by molar-refractivity contribution is 7.10. The van der Waals surface area contributed by atoms with E-state index in [4.69, 9.17) is 14.5 Å². The third-order valence-electron chi connectivity index (χ3n) is 16.9. The number of H-pyrrole nitrogens is 1. The standard InChI is InChI=1S/C58H72F2N10O7S/c1-35(67(6)55(75)77-56(2,3)4)51(72)64-47(36-17-9-7-10-18-36)54(74)69-25-16-23-45(69)53-63-44(34-78-53)50(71)38-21-15-22-41(27-38)76-26-14-13-24-68-31-39(32-68)49(37-19-11-8-12-20-37)70-33-40(30-61-70)62-52(73)48-42-28-46-57(5,58(46,59)60)29-43(42)65-66-48/h8,11-12,15,19-22,27,30,33-36,39,45-47,49H,7,9-10,13-14,16-18,23-26,28-29,31-32H2,1-6H3,(H,62,73)(H,64,72)(H,65,66)/t35?,45-,46-,47?,49?,57+/m0/s1. The van der Waals surface area contributed by atoms with Crippen molar-refractivity contribution >= 4 is 46.6 Å². The Hall–Kier alpha value is -6.54. The minimum Gasteiger partial charge on any atom is -0.494 e. The third kappa shape index (κ3) is 11.3. The number of ketones is 1.